The number of piperidine rings is 2. The van der Waals surface area contributed by atoms with Crippen molar-refractivity contribution in [1.29, 1.82) is 0 Å². The quantitative estimate of drug-likeness (QED) is 0.845. The van der Waals surface area contributed by atoms with Gasteiger partial charge in [-0.1, -0.05) is 6.92 Å². The number of aromatic amines is 1. The number of hydrogen-bond acceptors (Lipinski definition) is 4. The molecule has 0 radical (unpaired) electrons. The second-order valence-electron chi connectivity index (χ2n) is 6.07. The Balaban J connectivity index is 1.71. The lowest BCUT2D eigenvalue weighted by atomic mass is 9.74. The largest absolute Gasteiger partial charge is 0.335 e. The third-order valence-electron chi connectivity index (χ3n) is 4.57. The number of carbonyl (C=O) groups is 1. The zero-order chi connectivity index (χ0) is 14.0. The first-order valence-electron chi connectivity index (χ1n) is 7.64. The van der Waals surface area contributed by atoms with Crippen LogP contribution in [0.15, 0.2) is 0 Å². The Hall–Kier alpha value is -1.43. The summed E-state index contributed by atoms with van der Waals surface area (Å²) < 4.78 is 0. The van der Waals surface area contributed by atoms with E-state index in [2.05, 4.69) is 20.5 Å². The van der Waals surface area contributed by atoms with Crippen molar-refractivity contribution in [3.05, 3.63) is 11.6 Å². The van der Waals surface area contributed by atoms with E-state index in [1.165, 1.54) is 19.3 Å². The van der Waals surface area contributed by atoms with Gasteiger partial charge in [0.1, 0.15) is 5.82 Å². The monoisotopic (exact) mass is 277 g/mol. The highest BCUT2D eigenvalue weighted by Gasteiger charge is 2.38. The Morgan fingerprint density at radius 2 is 2.25 bits per heavy atom. The number of hydrogen-bond donors (Lipinski definition) is 2. The van der Waals surface area contributed by atoms with Gasteiger partial charge in [0.15, 0.2) is 0 Å². The summed E-state index contributed by atoms with van der Waals surface area (Å²) >= 11 is 0. The van der Waals surface area contributed by atoms with E-state index in [-0.39, 0.29) is 11.3 Å². The molecule has 2 N–H and O–H groups in total. The molecule has 0 aromatic carbocycles. The van der Waals surface area contributed by atoms with Crippen molar-refractivity contribution in [2.45, 2.75) is 39.0 Å². The van der Waals surface area contributed by atoms with Gasteiger partial charge in [0, 0.05) is 31.5 Å². The molecule has 1 spiro atoms. The fourth-order valence-corrected chi connectivity index (χ4v) is 3.45. The zero-order valence-electron chi connectivity index (χ0n) is 12.1. The lowest BCUT2D eigenvalue weighted by molar-refractivity contribution is 0.0424. The van der Waals surface area contributed by atoms with Gasteiger partial charge < -0.3 is 10.2 Å². The number of likely N-dealkylation sites (tertiary alicyclic amines) is 1. The first-order valence-corrected chi connectivity index (χ1v) is 7.64. The summed E-state index contributed by atoms with van der Waals surface area (Å²) in [4.78, 5) is 18.7. The van der Waals surface area contributed by atoms with Crippen LogP contribution in [0.25, 0.3) is 0 Å². The van der Waals surface area contributed by atoms with Gasteiger partial charge in [-0.25, -0.2) is 4.98 Å². The summed E-state index contributed by atoms with van der Waals surface area (Å²) in [6.45, 7) is 5.81. The minimum atomic E-state index is -0.0226. The summed E-state index contributed by atoms with van der Waals surface area (Å²) in [6, 6.07) is 0. The number of aryl methyl sites for hydroxylation is 1. The summed E-state index contributed by atoms with van der Waals surface area (Å²) in [7, 11) is 0. The van der Waals surface area contributed by atoms with Crippen molar-refractivity contribution in [1.82, 2.24) is 25.4 Å². The summed E-state index contributed by atoms with van der Waals surface area (Å²) in [5.41, 5.74) is 0.274. The van der Waals surface area contributed by atoms with Gasteiger partial charge in [-0.2, -0.15) is 0 Å². The first-order chi connectivity index (χ1) is 9.72. The second kappa shape index (κ2) is 5.52. The Labute approximate surface area is 119 Å². The smallest absolute Gasteiger partial charge is 0.293 e. The van der Waals surface area contributed by atoms with Crippen molar-refractivity contribution in [2.24, 2.45) is 5.41 Å². The van der Waals surface area contributed by atoms with Crippen molar-refractivity contribution in [2.75, 3.05) is 26.2 Å². The highest BCUT2D eigenvalue weighted by Crippen LogP contribution is 2.36. The second-order valence-corrected chi connectivity index (χ2v) is 6.07. The molecule has 6 heteroatoms. The molecule has 3 heterocycles. The molecule has 1 atom stereocenters. The van der Waals surface area contributed by atoms with Gasteiger partial charge in [0.2, 0.25) is 5.82 Å². The molecule has 0 saturated carbocycles. The van der Waals surface area contributed by atoms with Crippen LogP contribution in [0.2, 0.25) is 0 Å². The number of nitrogens with zero attached hydrogens (tertiary/aromatic N) is 3. The molecular formula is C14H23N5O. The topological polar surface area (TPSA) is 73.9 Å². The van der Waals surface area contributed by atoms with Crippen molar-refractivity contribution >= 4 is 5.91 Å². The molecule has 2 aliphatic heterocycles. The maximum Gasteiger partial charge on any atom is 0.293 e. The molecule has 3 rings (SSSR count). The van der Waals surface area contributed by atoms with Crippen LogP contribution in [0.5, 0.6) is 0 Å². The Bertz CT molecular complexity index is 472. The maximum atomic E-state index is 12.5. The lowest BCUT2D eigenvalue weighted by Crippen LogP contribution is -2.52. The van der Waals surface area contributed by atoms with E-state index in [0.29, 0.717) is 5.82 Å². The molecule has 2 saturated heterocycles. The average Bonchev–Trinajstić information content (AvgIpc) is 2.96. The normalized spacial score (nSPS) is 26.9. The summed E-state index contributed by atoms with van der Waals surface area (Å²) in [6.07, 6.45) is 5.51. The molecular weight excluding hydrogens is 254 g/mol. The Morgan fingerprint density at radius 1 is 1.40 bits per heavy atom. The van der Waals surface area contributed by atoms with Gasteiger partial charge >= 0.3 is 0 Å². The first kappa shape index (κ1) is 13.5. The lowest BCUT2D eigenvalue weighted by Gasteiger charge is -2.45. The standard InChI is InChI=1S/C14H23N5O/c1-2-11-16-12(18-17-11)13(20)19-8-4-6-14(10-19)5-3-7-15-9-14/h15H,2-10H2,1H3,(H,16,17,18). The Kier molecular flexibility index (Phi) is 3.74. The van der Waals surface area contributed by atoms with Gasteiger partial charge in [-0.05, 0) is 32.2 Å². The molecule has 2 fully saturated rings. The van der Waals surface area contributed by atoms with Crippen molar-refractivity contribution in [3.8, 4) is 0 Å². The summed E-state index contributed by atoms with van der Waals surface area (Å²) in [5.74, 6) is 1.08. The molecule has 1 amide bonds. The van der Waals surface area contributed by atoms with Crippen LogP contribution in [0, 0.1) is 5.41 Å². The summed E-state index contributed by atoms with van der Waals surface area (Å²) in [5, 5.41) is 10.4. The van der Waals surface area contributed by atoms with Crippen LogP contribution >= 0.6 is 0 Å². The van der Waals surface area contributed by atoms with Gasteiger partial charge in [0.25, 0.3) is 5.91 Å². The third-order valence-corrected chi connectivity index (χ3v) is 4.57. The number of nitrogens with one attached hydrogen (secondary N) is 2. The van der Waals surface area contributed by atoms with Crippen molar-refractivity contribution < 1.29 is 4.79 Å². The van der Waals surface area contributed by atoms with E-state index in [0.717, 1.165) is 44.8 Å². The minimum absolute atomic E-state index is 0.0226. The number of rotatable bonds is 2. The SMILES string of the molecule is CCc1nc(C(=O)N2CCCC3(CCCNC3)C2)n[nH]1. The Morgan fingerprint density at radius 3 is 2.95 bits per heavy atom. The van der Waals surface area contributed by atoms with E-state index in [1.807, 2.05) is 11.8 Å². The van der Waals surface area contributed by atoms with Crippen LogP contribution < -0.4 is 5.32 Å². The highest BCUT2D eigenvalue weighted by atomic mass is 16.2. The van der Waals surface area contributed by atoms with Gasteiger partial charge in [-0.15, -0.1) is 5.10 Å². The third kappa shape index (κ3) is 2.57. The van der Waals surface area contributed by atoms with E-state index in [4.69, 9.17) is 0 Å². The molecule has 6 nitrogen and oxygen atoms in total. The highest BCUT2D eigenvalue weighted by molar-refractivity contribution is 5.90. The van der Waals surface area contributed by atoms with Crippen LogP contribution in [0.4, 0.5) is 0 Å². The molecule has 20 heavy (non-hydrogen) atoms. The predicted molar refractivity (Wildman–Crippen MR) is 75.4 cm³/mol. The van der Waals surface area contributed by atoms with Crippen LogP contribution in [-0.2, 0) is 6.42 Å². The molecule has 0 aliphatic carbocycles. The van der Waals surface area contributed by atoms with E-state index in [9.17, 15) is 4.79 Å². The molecule has 110 valence electrons. The van der Waals surface area contributed by atoms with Crippen molar-refractivity contribution in [3.63, 3.8) is 0 Å². The van der Waals surface area contributed by atoms with Gasteiger partial charge in [0.05, 0.1) is 0 Å². The molecule has 0 bridgehead atoms. The molecule has 1 aromatic rings. The van der Waals surface area contributed by atoms with Gasteiger partial charge in [-0.3, -0.25) is 9.89 Å². The average molecular weight is 277 g/mol. The fraction of sp³-hybridized carbons (Fsp3) is 0.786. The van der Waals surface area contributed by atoms with E-state index in [1.54, 1.807) is 0 Å². The number of carbonyl (C=O) groups excluding carboxylic acids is 1. The predicted octanol–water partition coefficient (Wildman–Crippen LogP) is 0.973. The number of H-pyrrole nitrogens is 1. The molecule has 1 unspecified atom stereocenters. The van der Waals surface area contributed by atoms with Crippen LogP contribution in [0.1, 0.15) is 49.1 Å². The number of aromatic nitrogens is 3. The number of amides is 1. The maximum absolute atomic E-state index is 12.5. The minimum Gasteiger partial charge on any atom is -0.335 e. The van der Waals surface area contributed by atoms with E-state index >= 15 is 0 Å². The van der Waals surface area contributed by atoms with E-state index < -0.39 is 0 Å². The molecule has 1 aromatic heterocycles. The zero-order valence-corrected chi connectivity index (χ0v) is 12.1. The van der Waals surface area contributed by atoms with Crippen LogP contribution in [0.3, 0.4) is 0 Å². The molecule has 2 aliphatic rings. The van der Waals surface area contributed by atoms with Crippen LogP contribution in [-0.4, -0.2) is 52.2 Å². The fourth-order valence-electron chi connectivity index (χ4n) is 3.45.